The molecule has 0 radical (unpaired) electrons. The Bertz CT molecular complexity index is 1360. The number of nitrogens with one attached hydrogen (secondary N) is 3. The zero-order chi connectivity index (χ0) is 21.6. The van der Waals surface area contributed by atoms with Gasteiger partial charge in [-0.15, -0.1) is 11.3 Å². The fourth-order valence-electron chi connectivity index (χ4n) is 4.01. The van der Waals surface area contributed by atoms with Gasteiger partial charge in [0.2, 0.25) is 10.0 Å². The van der Waals surface area contributed by atoms with E-state index < -0.39 is 15.3 Å². The fraction of sp³-hybridized carbons (Fsp3) is 0.381. The van der Waals surface area contributed by atoms with E-state index in [1.165, 1.54) is 10.4 Å². The molecule has 5 rings (SSSR count). The minimum absolute atomic E-state index is 0.293. The van der Waals surface area contributed by atoms with Gasteiger partial charge in [-0.25, -0.2) is 23.1 Å². The normalized spacial score (nSPS) is 16.8. The molecule has 31 heavy (non-hydrogen) atoms. The second-order valence-electron chi connectivity index (χ2n) is 8.25. The van der Waals surface area contributed by atoms with Crippen LogP contribution in [0.25, 0.3) is 21.1 Å². The number of nitrogens with zero attached hydrogens (tertiary/aromatic N) is 3. The van der Waals surface area contributed by atoms with Gasteiger partial charge in [0.1, 0.15) is 17.0 Å². The van der Waals surface area contributed by atoms with E-state index in [2.05, 4.69) is 30.2 Å². The quantitative estimate of drug-likeness (QED) is 0.407. The summed E-state index contributed by atoms with van der Waals surface area (Å²) in [5, 5.41) is 12.2. The third kappa shape index (κ3) is 3.90. The van der Waals surface area contributed by atoms with Crippen LogP contribution in [0.3, 0.4) is 0 Å². The van der Waals surface area contributed by atoms with Gasteiger partial charge in [-0.1, -0.05) is 0 Å². The van der Waals surface area contributed by atoms with E-state index >= 15 is 0 Å². The number of anilines is 2. The average molecular weight is 457 g/mol. The third-order valence-corrected chi connectivity index (χ3v) is 8.82. The van der Waals surface area contributed by atoms with Crippen molar-refractivity contribution in [3.63, 3.8) is 0 Å². The van der Waals surface area contributed by atoms with Gasteiger partial charge in [0.05, 0.1) is 22.3 Å². The van der Waals surface area contributed by atoms with Crippen molar-refractivity contribution < 1.29 is 8.42 Å². The molecule has 3 N–H and O–H groups in total. The zero-order valence-electron chi connectivity index (χ0n) is 17.3. The lowest BCUT2D eigenvalue weighted by molar-refractivity contribution is 0.454. The van der Waals surface area contributed by atoms with Gasteiger partial charge in [-0.05, 0) is 62.8 Å². The van der Waals surface area contributed by atoms with Gasteiger partial charge in [0.15, 0.2) is 0 Å². The van der Waals surface area contributed by atoms with Crippen molar-refractivity contribution in [2.75, 3.05) is 11.9 Å². The van der Waals surface area contributed by atoms with Crippen molar-refractivity contribution in [3.8, 4) is 0 Å². The molecule has 0 saturated heterocycles. The first kappa shape index (κ1) is 20.3. The van der Waals surface area contributed by atoms with Gasteiger partial charge in [-0.2, -0.15) is 5.10 Å². The maximum atomic E-state index is 12.1. The second kappa shape index (κ2) is 7.85. The van der Waals surface area contributed by atoms with Crippen LogP contribution in [-0.4, -0.2) is 40.4 Å². The monoisotopic (exact) mass is 456 g/mol. The first-order chi connectivity index (χ1) is 14.9. The summed E-state index contributed by atoms with van der Waals surface area (Å²) in [4.78, 5) is 11.3. The van der Waals surface area contributed by atoms with E-state index in [1.54, 1.807) is 37.7 Å². The Morgan fingerprint density at radius 1 is 1.29 bits per heavy atom. The highest BCUT2D eigenvalue weighted by Crippen LogP contribution is 2.40. The molecule has 10 heteroatoms. The Kier molecular flexibility index (Phi) is 5.15. The molecule has 1 aliphatic carbocycles. The minimum Gasteiger partial charge on any atom is -0.340 e. The summed E-state index contributed by atoms with van der Waals surface area (Å²) < 4.78 is 27.0. The Hall–Kier alpha value is -2.56. The number of sulfonamides is 1. The van der Waals surface area contributed by atoms with Crippen molar-refractivity contribution in [3.05, 3.63) is 41.2 Å². The highest BCUT2D eigenvalue weighted by molar-refractivity contribution is 7.90. The number of rotatable bonds is 6. The predicted molar refractivity (Wildman–Crippen MR) is 124 cm³/mol. The van der Waals surface area contributed by atoms with Crippen molar-refractivity contribution in [1.82, 2.24) is 24.9 Å². The topological polar surface area (TPSA) is 113 Å². The van der Waals surface area contributed by atoms with Crippen LogP contribution in [0, 0.1) is 5.92 Å². The molecule has 0 saturated carbocycles. The highest BCUT2D eigenvalue weighted by Gasteiger charge is 2.26. The molecule has 4 aromatic rings. The molecule has 0 fully saturated rings. The van der Waals surface area contributed by atoms with E-state index in [1.807, 2.05) is 18.2 Å². The Balaban J connectivity index is 1.40. The van der Waals surface area contributed by atoms with Crippen LogP contribution >= 0.6 is 11.3 Å². The molecule has 1 aromatic carbocycles. The standard InChI is InChI=1S/C21H24N6O2S2/c1-12(2)31(28,29)25-9-13-3-5-16-18(7-13)30-21-19(16)20(22-11-23-21)26-15-4-6-17-14(8-15)10-24-27-17/h4,6,8,10-13,25H,3,5,7,9H2,1-2H3,(H,24,27)(H,22,23,26). The first-order valence-corrected chi connectivity index (χ1v) is 12.7. The summed E-state index contributed by atoms with van der Waals surface area (Å²) in [7, 11) is -3.24. The number of aromatic nitrogens is 4. The molecule has 3 heterocycles. The number of hydrogen-bond acceptors (Lipinski definition) is 7. The van der Waals surface area contributed by atoms with E-state index in [4.69, 9.17) is 0 Å². The van der Waals surface area contributed by atoms with Crippen LogP contribution in [-0.2, 0) is 22.9 Å². The molecule has 0 aliphatic heterocycles. The molecule has 1 unspecified atom stereocenters. The molecule has 0 spiro atoms. The fourth-order valence-corrected chi connectivity index (χ4v) is 6.11. The average Bonchev–Trinajstić information content (AvgIpc) is 3.36. The van der Waals surface area contributed by atoms with Crippen LogP contribution in [0.15, 0.2) is 30.7 Å². The van der Waals surface area contributed by atoms with E-state index in [0.717, 1.165) is 51.9 Å². The number of hydrogen-bond donors (Lipinski definition) is 3. The van der Waals surface area contributed by atoms with Crippen molar-refractivity contribution in [2.24, 2.45) is 5.92 Å². The molecule has 162 valence electrons. The summed E-state index contributed by atoms with van der Waals surface area (Å²) >= 11 is 1.69. The van der Waals surface area contributed by atoms with Crippen LogP contribution < -0.4 is 10.0 Å². The number of thiophene rings is 1. The molecule has 8 nitrogen and oxygen atoms in total. The predicted octanol–water partition coefficient (Wildman–Crippen LogP) is 3.74. The molecule has 0 bridgehead atoms. The molecular weight excluding hydrogens is 432 g/mol. The smallest absolute Gasteiger partial charge is 0.213 e. The van der Waals surface area contributed by atoms with Crippen LogP contribution in [0.4, 0.5) is 11.5 Å². The number of H-pyrrole nitrogens is 1. The number of fused-ring (bicyclic) bond motifs is 4. The lowest BCUT2D eigenvalue weighted by Gasteiger charge is -2.23. The lowest BCUT2D eigenvalue weighted by atomic mass is 9.88. The molecule has 0 amide bonds. The lowest BCUT2D eigenvalue weighted by Crippen LogP contribution is -2.36. The maximum Gasteiger partial charge on any atom is 0.213 e. The molecular formula is C21H24N6O2S2. The summed E-state index contributed by atoms with van der Waals surface area (Å²) in [5.74, 6) is 1.10. The summed E-state index contributed by atoms with van der Waals surface area (Å²) in [6.45, 7) is 3.88. The van der Waals surface area contributed by atoms with Crippen molar-refractivity contribution >= 4 is 54.0 Å². The van der Waals surface area contributed by atoms with Gasteiger partial charge in [0.25, 0.3) is 0 Å². The van der Waals surface area contributed by atoms with Gasteiger partial charge in [0, 0.05) is 22.5 Å². The molecule has 1 atom stereocenters. The first-order valence-electron chi connectivity index (χ1n) is 10.3. The SMILES string of the molecule is CC(C)S(=O)(=O)NCC1CCc2c(sc3ncnc(Nc4ccc5[nH]ncc5c4)c23)C1. The second-order valence-corrected chi connectivity index (χ2v) is 11.7. The number of benzene rings is 1. The van der Waals surface area contributed by atoms with E-state index in [9.17, 15) is 8.42 Å². The number of aromatic amines is 1. The van der Waals surface area contributed by atoms with E-state index in [0.29, 0.717) is 12.5 Å². The summed E-state index contributed by atoms with van der Waals surface area (Å²) in [6.07, 6.45) is 6.09. The summed E-state index contributed by atoms with van der Waals surface area (Å²) in [5.41, 5.74) is 3.23. The van der Waals surface area contributed by atoms with Crippen LogP contribution in [0.5, 0.6) is 0 Å². The molecule has 3 aromatic heterocycles. The van der Waals surface area contributed by atoms with Crippen molar-refractivity contribution in [2.45, 2.75) is 38.4 Å². The third-order valence-electron chi connectivity index (χ3n) is 5.84. The minimum atomic E-state index is -3.24. The number of aryl methyl sites for hydroxylation is 1. The Labute approximate surface area is 184 Å². The largest absolute Gasteiger partial charge is 0.340 e. The van der Waals surface area contributed by atoms with E-state index in [-0.39, 0.29) is 0 Å². The highest BCUT2D eigenvalue weighted by atomic mass is 32.2. The van der Waals surface area contributed by atoms with Gasteiger partial charge < -0.3 is 5.32 Å². The van der Waals surface area contributed by atoms with Crippen LogP contribution in [0.1, 0.15) is 30.7 Å². The zero-order valence-corrected chi connectivity index (χ0v) is 19.0. The van der Waals surface area contributed by atoms with Crippen LogP contribution in [0.2, 0.25) is 0 Å². The van der Waals surface area contributed by atoms with Crippen molar-refractivity contribution in [1.29, 1.82) is 0 Å². The van der Waals surface area contributed by atoms with Gasteiger partial charge in [-0.3, -0.25) is 5.10 Å². The Morgan fingerprint density at radius 3 is 3.00 bits per heavy atom. The maximum absolute atomic E-state index is 12.1. The molecule has 1 aliphatic rings. The summed E-state index contributed by atoms with van der Waals surface area (Å²) in [6, 6.07) is 6.04. The van der Waals surface area contributed by atoms with Gasteiger partial charge >= 0.3 is 0 Å². The Morgan fingerprint density at radius 2 is 2.16 bits per heavy atom.